The molecule has 2 aromatic rings. The summed E-state index contributed by atoms with van der Waals surface area (Å²) < 4.78 is 2.67. The Morgan fingerprint density at radius 1 is 1.60 bits per heavy atom. The first-order valence-corrected chi connectivity index (χ1v) is 5.02. The van der Waals surface area contributed by atoms with Crippen molar-refractivity contribution >= 4 is 22.0 Å². The summed E-state index contributed by atoms with van der Waals surface area (Å²) >= 11 is 3.11. The maximum atomic E-state index is 11.8. The van der Waals surface area contributed by atoms with Crippen LogP contribution in [0.5, 0.6) is 0 Å². The van der Waals surface area contributed by atoms with Crippen molar-refractivity contribution in [2.45, 2.75) is 13.3 Å². The normalized spacial score (nSPS) is 10.5. The van der Waals surface area contributed by atoms with E-state index in [-0.39, 0.29) is 0 Å². The lowest BCUT2D eigenvalue weighted by Gasteiger charge is -2.00. The highest BCUT2D eigenvalue weighted by atomic mass is 79.9. The number of nitrogens with zero attached hydrogens (tertiary/aromatic N) is 6. The average molecular weight is 271 g/mol. The monoisotopic (exact) mass is 270 g/mol. The van der Waals surface area contributed by atoms with Crippen LogP contribution in [0.25, 0.3) is 0 Å². The lowest BCUT2D eigenvalue weighted by molar-refractivity contribution is 0.237. The molecule has 2 rings (SSSR count). The summed E-state index contributed by atoms with van der Waals surface area (Å²) in [6.07, 6.45) is 3.21. The molecule has 0 N–H and O–H groups in total. The van der Waals surface area contributed by atoms with Crippen LogP contribution in [0.2, 0.25) is 0 Å². The fourth-order valence-electron chi connectivity index (χ4n) is 1.10. The summed E-state index contributed by atoms with van der Waals surface area (Å²) in [7, 11) is 0. The van der Waals surface area contributed by atoms with E-state index in [0.29, 0.717) is 17.0 Å². The number of aryl methyl sites for hydroxylation is 1. The van der Waals surface area contributed by atoms with Crippen LogP contribution in [-0.4, -0.2) is 35.6 Å². The predicted molar refractivity (Wildman–Crippen MR) is 53.3 cm³/mol. The number of hydrogen-bond acceptors (Lipinski definition) is 5. The van der Waals surface area contributed by atoms with Crippen molar-refractivity contribution in [2.24, 2.45) is 0 Å². The number of rotatable bonds is 1. The van der Waals surface area contributed by atoms with Crippen LogP contribution in [0.4, 0.5) is 4.79 Å². The molecule has 0 aliphatic heterocycles. The molecule has 0 atom stereocenters. The third kappa shape index (κ3) is 1.80. The highest BCUT2D eigenvalue weighted by molar-refractivity contribution is 9.10. The minimum atomic E-state index is -0.400. The van der Waals surface area contributed by atoms with E-state index in [4.69, 9.17) is 0 Å². The highest BCUT2D eigenvalue weighted by Crippen LogP contribution is 2.06. The second kappa shape index (κ2) is 3.89. The summed E-state index contributed by atoms with van der Waals surface area (Å²) in [5, 5.41) is 7.65. The van der Waals surface area contributed by atoms with E-state index in [1.54, 1.807) is 0 Å². The number of carbonyl (C=O) groups excluding carboxylic acids is 1. The maximum absolute atomic E-state index is 11.8. The van der Waals surface area contributed by atoms with E-state index in [9.17, 15) is 4.79 Å². The zero-order chi connectivity index (χ0) is 10.8. The molecular formula is C7H7BrN6O. The Morgan fingerprint density at radius 3 is 3.00 bits per heavy atom. The maximum Gasteiger partial charge on any atom is 0.372 e. The third-order valence-electron chi connectivity index (χ3n) is 1.76. The summed E-state index contributed by atoms with van der Waals surface area (Å²) in [6.45, 7) is 1.89. The van der Waals surface area contributed by atoms with Crippen molar-refractivity contribution in [3.63, 3.8) is 0 Å². The Bertz CT molecular complexity index is 476. The molecule has 15 heavy (non-hydrogen) atoms. The molecule has 0 aliphatic rings. The van der Waals surface area contributed by atoms with E-state index in [1.165, 1.54) is 17.3 Å². The Balaban J connectivity index is 2.41. The second-order valence-electron chi connectivity index (χ2n) is 2.69. The van der Waals surface area contributed by atoms with Crippen LogP contribution in [0.15, 0.2) is 17.4 Å². The van der Waals surface area contributed by atoms with Gasteiger partial charge in [-0.3, -0.25) is 0 Å². The molecule has 2 heterocycles. The van der Waals surface area contributed by atoms with E-state index >= 15 is 0 Å². The summed E-state index contributed by atoms with van der Waals surface area (Å²) in [5.41, 5.74) is 0. The van der Waals surface area contributed by atoms with Crippen molar-refractivity contribution in [1.29, 1.82) is 0 Å². The summed E-state index contributed by atoms with van der Waals surface area (Å²) in [6, 6.07) is -0.400. The number of carbonyl (C=O) groups is 1. The first-order chi connectivity index (χ1) is 7.22. The van der Waals surface area contributed by atoms with Crippen LogP contribution in [-0.2, 0) is 6.42 Å². The lowest BCUT2D eigenvalue weighted by atomic mass is 10.5. The quantitative estimate of drug-likeness (QED) is 0.763. The smallest absolute Gasteiger partial charge is 0.243 e. The Kier molecular flexibility index (Phi) is 2.58. The van der Waals surface area contributed by atoms with Crippen LogP contribution in [0.3, 0.4) is 0 Å². The van der Waals surface area contributed by atoms with Crippen LogP contribution < -0.4 is 0 Å². The van der Waals surface area contributed by atoms with Gasteiger partial charge in [-0.2, -0.15) is 14.5 Å². The van der Waals surface area contributed by atoms with E-state index in [0.717, 1.165) is 4.68 Å². The van der Waals surface area contributed by atoms with Crippen molar-refractivity contribution in [2.75, 3.05) is 0 Å². The molecule has 0 bridgehead atoms. The average Bonchev–Trinajstić information content (AvgIpc) is 2.84. The highest BCUT2D eigenvalue weighted by Gasteiger charge is 2.15. The molecule has 0 saturated carbocycles. The third-order valence-corrected chi connectivity index (χ3v) is 2.10. The lowest BCUT2D eigenvalue weighted by Crippen LogP contribution is -2.23. The van der Waals surface area contributed by atoms with Crippen LogP contribution >= 0.6 is 15.9 Å². The summed E-state index contributed by atoms with van der Waals surface area (Å²) in [4.78, 5) is 19.5. The van der Waals surface area contributed by atoms with Gasteiger partial charge in [0.05, 0.1) is 0 Å². The minimum Gasteiger partial charge on any atom is -0.243 e. The van der Waals surface area contributed by atoms with Gasteiger partial charge in [0.2, 0.25) is 4.73 Å². The van der Waals surface area contributed by atoms with Crippen LogP contribution in [0, 0.1) is 0 Å². The molecule has 8 heteroatoms. The molecule has 2 aromatic heterocycles. The molecule has 0 aromatic carbocycles. The van der Waals surface area contributed by atoms with E-state index < -0.39 is 6.03 Å². The fourth-order valence-corrected chi connectivity index (χ4v) is 1.47. The van der Waals surface area contributed by atoms with E-state index in [1.807, 2.05) is 6.92 Å². The Hall–Kier alpha value is -1.57. The van der Waals surface area contributed by atoms with Crippen molar-refractivity contribution < 1.29 is 4.79 Å². The van der Waals surface area contributed by atoms with Gasteiger partial charge in [0.15, 0.2) is 0 Å². The SMILES string of the molecule is CCc1nc(Br)nn1C(=O)n1cncn1. The number of aromatic nitrogens is 6. The number of hydrogen-bond donors (Lipinski definition) is 0. The minimum absolute atomic E-state index is 0.382. The van der Waals surface area contributed by atoms with Gasteiger partial charge in [-0.05, 0) is 15.9 Å². The standard InChI is InChI=1S/C7H7BrN6O/c1-2-5-11-6(8)12-14(5)7(15)13-4-9-3-10-13/h3-4H,2H2,1H3. The van der Waals surface area contributed by atoms with Gasteiger partial charge in [-0.25, -0.2) is 14.8 Å². The van der Waals surface area contributed by atoms with Crippen molar-refractivity contribution in [1.82, 2.24) is 29.5 Å². The van der Waals surface area contributed by atoms with Gasteiger partial charge in [0, 0.05) is 6.42 Å². The molecule has 0 amide bonds. The van der Waals surface area contributed by atoms with Crippen molar-refractivity contribution in [3.8, 4) is 0 Å². The molecule has 0 radical (unpaired) electrons. The molecule has 0 aliphatic carbocycles. The first-order valence-electron chi connectivity index (χ1n) is 4.23. The Labute approximate surface area is 93.3 Å². The van der Waals surface area contributed by atoms with Gasteiger partial charge < -0.3 is 0 Å². The molecule has 0 spiro atoms. The van der Waals surface area contributed by atoms with Crippen LogP contribution in [0.1, 0.15) is 12.7 Å². The van der Waals surface area contributed by atoms with Gasteiger partial charge in [-0.1, -0.05) is 6.92 Å². The zero-order valence-corrected chi connectivity index (χ0v) is 9.42. The van der Waals surface area contributed by atoms with Gasteiger partial charge >= 0.3 is 6.03 Å². The topological polar surface area (TPSA) is 78.5 Å². The molecule has 0 fully saturated rings. The predicted octanol–water partition coefficient (Wildman–Crippen LogP) is 0.711. The molecular weight excluding hydrogens is 264 g/mol. The van der Waals surface area contributed by atoms with Gasteiger partial charge in [0.25, 0.3) is 0 Å². The Morgan fingerprint density at radius 2 is 2.40 bits per heavy atom. The molecule has 0 saturated heterocycles. The zero-order valence-electron chi connectivity index (χ0n) is 7.83. The largest absolute Gasteiger partial charge is 0.372 e. The molecule has 78 valence electrons. The van der Waals surface area contributed by atoms with Crippen molar-refractivity contribution in [3.05, 3.63) is 23.2 Å². The second-order valence-corrected chi connectivity index (χ2v) is 3.39. The molecule has 7 nitrogen and oxygen atoms in total. The number of halogens is 1. The first kappa shape index (κ1) is 9.97. The molecule has 0 unspecified atom stereocenters. The van der Waals surface area contributed by atoms with Gasteiger partial charge in [-0.15, -0.1) is 5.10 Å². The van der Waals surface area contributed by atoms with Gasteiger partial charge in [0.1, 0.15) is 18.5 Å². The van der Waals surface area contributed by atoms with E-state index in [2.05, 4.69) is 36.1 Å². The summed E-state index contributed by atoms with van der Waals surface area (Å²) in [5.74, 6) is 0.572. The fraction of sp³-hybridized carbons (Fsp3) is 0.286.